The fourth-order valence-electron chi connectivity index (χ4n) is 2.92. The zero-order chi connectivity index (χ0) is 18.6. The summed E-state index contributed by atoms with van der Waals surface area (Å²) in [6, 6.07) is 13.6. The Kier molecular flexibility index (Phi) is 5.68. The summed E-state index contributed by atoms with van der Waals surface area (Å²) in [7, 11) is 0. The molecule has 1 aliphatic heterocycles. The highest BCUT2D eigenvalue weighted by Crippen LogP contribution is 2.27. The van der Waals surface area contributed by atoms with Crippen molar-refractivity contribution in [3.63, 3.8) is 0 Å². The van der Waals surface area contributed by atoms with Crippen LogP contribution in [-0.2, 0) is 6.54 Å². The van der Waals surface area contributed by atoms with Crippen LogP contribution in [0.4, 0.5) is 13.2 Å². The zero-order valence-electron chi connectivity index (χ0n) is 14.4. The lowest BCUT2D eigenvalue weighted by molar-refractivity contribution is -0.274. The Morgan fingerprint density at radius 2 is 1.58 bits per heavy atom. The maximum Gasteiger partial charge on any atom is 0.573 e. The molecule has 0 unspecified atom stereocenters. The molecule has 0 aromatic heterocycles. The molecule has 0 amide bonds. The van der Waals surface area contributed by atoms with E-state index in [0.717, 1.165) is 26.2 Å². The van der Waals surface area contributed by atoms with Crippen molar-refractivity contribution in [1.82, 2.24) is 10.2 Å². The van der Waals surface area contributed by atoms with Crippen LogP contribution in [-0.4, -0.2) is 36.9 Å². The number of halogens is 3. The molecule has 4 nitrogen and oxygen atoms in total. The van der Waals surface area contributed by atoms with Crippen molar-refractivity contribution in [2.24, 2.45) is 0 Å². The molecule has 1 atom stereocenters. The molecule has 0 bridgehead atoms. The van der Waals surface area contributed by atoms with Gasteiger partial charge in [-0.2, -0.15) is 0 Å². The normalized spacial score (nSPS) is 18.5. The number of ether oxygens (including phenoxy) is 2. The first-order chi connectivity index (χ1) is 12.4. The van der Waals surface area contributed by atoms with E-state index >= 15 is 0 Å². The van der Waals surface area contributed by atoms with Crippen LogP contribution < -0.4 is 14.8 Å². The second kappa shape index (κ2) is 7.97. The highest BCUT2D eigenvalue weighted by atomic mass is 19.4. The Balaban J connectivity index is 1.55. The number of nitrogens with zero attached hydrogens (tertiary/aromatic N) is 1. The Morgan fingerprint density at radius 1 is 1.00 bits per heavy atom. The van der Waals surface area contributed by atoms with E-state index in [1.807, 2.05) is 24.3 Å². The second-order valence-corrected chi connectivity index (χ2v) is 6.36. The van der Waals surface area contributed by atoms with Crippen LogP contribution in [0.15, 0.2) is 48.5 Å². The van der Waals surface area contributed by atoms with Crippen molar-refractivity contribution in [3.8, 4) is 17.2 Å². The topological polar surface area (TPSA) is 33.7 Å². The molecule has 1 heterocycles. The molecule has 3 rings (SSSR count). The second-order valence-electron chi connectivity index (χ2n) is 6.36. The Bertz CT molecular complexity index is 702. The molecule has 140 valence electrons. The molecule has 0 spiro atoms. The van der Waals surface area contributed by atoms with E-state index < -0.39 is 6.36 Å². The van der Waals surface area contributed by atoms with Gasteiger partial charge >= 0.3 is 6.36 Å². The van der Waals surface area contributed by atoms with Crippen molar-refractivity contribution in [3.05, 3.63) is 54.1 Å². The van der Waals surface area contributed by atoms with Crippen molar-refractivity contribution < 1.29 is 22.6 Å². The quantitative estimate of drug-likeness (QED) is 0.861. The molecule has 0 radical (unpaired) electrons. The molecule has 1 saturated heterocycles. The minimum atomic E-state index is -4.69. The van der Waals surface area contributed by atoms with Gasteiger partial charge in [0.05, 0.1) is 0 Å². The summed E-state index contributed by atoms with van der Waals surface area (Å²) in [5, 5.41) is 3.42. The van der Waals surface area contributed by atoms with Gasteiger partial charge in [0, 0.05) is 32.2 Å². The Labute approximate surface area is 150 Å². The van der Waals surface area contributed by atoms with Crippen molar-refractivity contribution in [2.45, 2.75) is 25.9 Å². The van der Waals surface area contributed by atoms with E-state index in [9.17, 15) is 13.2 Å². The lowest BCUT2D eigenvalue weighted by atomic mass is 10.1. The number of alkyl halides is 3. The first-order valence-electron chi connectivity index (χ1n) is 8.46. The number of benzene rings is 2. The minimum absolute atomic E-state index is 0.273. The van der Waals surface area contributed by atoms with Gasteiger partial charge in [0.15, 0.2) is 0 Å². The highest BCUT2D eigenvalue weighted by molar-refractivity contribution is 5.36. The number of hydrogen-bond donors (Lipinski definition) is 1. The lowest BCUT2D eigenvalue weighted by Crippen LogP contribution is -2.48. The van der Waals surface area contributed by atoms with Crippen LogP contribution in [0.5, 0.6) is 17.2 Å². The van der Waals surface area contributed by atoms with Gasteiger partial charge in [0.1, 0.15) is 17.2 Å². The summed E-state index contributed by atoms with van der Waals surface area (Å²) < 4.78 is 46.0. The summed E-state index contributed by atoms with van der Waals surface area (Å²) in [6.45, 7) is 6.10. The van der Waals surface area contributed by atoms with Crippen molar-refractivity contribution in [2.75, 3.05) is 19.6 Å². The molecule has 1 fully saturated rings. The van der Waals surface area contributed by atoms with Crippen LogP contribution in [0.25, 0.3) is 0 Å². The van der Waals surface area contributed by atoms with E-state index in [0.29, 0.717) is 17.5 Å². The van der Waals surface area contributed by atoms with Gasteiger partial charge in [-0.25, -0.2) is 0 Å². The first-order valence-corrected chi connectivity index (χ1v) is 8.46. The van der Waals surface area contributed by atoms with Crippen molar-refractivity contribution in [1.29, 1.82) is 0 Å². The van der Waals surface area contributed by atoms with E-state index in [1.165, 1.54) is 29.8 Å². The van der Waals surface area contributed by atoms with E-state index in [1.54, 1.807) is 0 Å². The van der Waals surface area contributed by atoms with Gasteiger partial charge in [-0.15, -0.1) is 13.2 Å². The molecular formula is C19H21F3N2O2. The largest absolute Gasteiger partial charge is 0.573 e. The fourth-order valence-corrected chi connectivity index (χ4v) is 2.92. The summed E-state index contributed by atoms with van der Waals surface area (Å²) >= 11 is 0. The average Bonchev–Trinajstić information content (AvgIpc) is 2.57. The third kappa shape index (κ3) is 5.64. The summed E-state index contributed by atoms with van der Waals surface area (Å²) in [5.74, 6) is 0.806. The number of hydrogen-bond acceptors (Lipinski definition) is 4. The molecule has 1 N–H and O–H groups in total. The van der Waals surface area contributed by atoms with Gasteiger partial charge in [-0.1, -0.05) is 12.1 Å². The predicted molar refractivity (Wildman–Crippen MR) is 92.4 cm³/mol. The third-order valence-electron chi connectivity index (χ3n) is 4.08. The van der Waals surface area contributed by atoms with Crippen LogP contribution in [0.2, 0.25) is 0 Å². The fraction of sp³-hybridized carbons (Fsp3) is 0.368. The summed E-state index contributed by atoms with van der Waals surface area (Å²) in [5.41, 5.74) is 1.19. The van der Waals surface area contributed by atoms with Gasteiger partial charge in [-0.05, 0) is 48.9 Å². The van der Waals surface area contributed by atoms with E-state index in [2.05, 4.69) is 21.9 Å². The molecular weight excluding hydrogens is 345 g/mol. The molecule has 0 saturated carbocycles. The molecule has 26 heavy (non-hydrogen) atoms. The van der Waals surface area contributed by atoms with Crippen LogP contribution in [0, 0.1) is 0 Å². The lowest BCUT2D eigenvalue weighted by Gasteiger charge is -2.31. The average molecular weight is 366 g/mol. The SMILES string of the molecule is C[C@@H]1CN(Cc2ccc(Oc3ccc(OC(F)(F)F)cc3)cc2)CCN1. The summed E-state index contributed by atoms with van der Waals surface area (Å²) in [6.07, 6.45) is -4.69. The molecule has 2 aromatic carbocycles. The highest BCUT2D eigenvalue weighted by Gasteiger charge is 2.31. The zero-order valence-corrected chi connectivity index (χ0v) is 14.4. The van der Waals surface area contributed by atoms with Gasteiger partial charge in [0.2, 0.25) is 0 Å². The Hall–Kier alpha value is -2.25. The number of rotatable bonds is 5. The third-order valence-corrected chi connectivity index (χ3v) is 4.08. The van der Waals surface area contributed by atoms with Gasteiger partial charge in [0.25, 0.3) is 0 Å². The molecule has 1 aliphatic rings. The van der Waals surface area contributed by atoms with Crippen LogP contribution in [0.3, 0.4) is 0 Å². The van der Waals surface area contributed by atoms with Crippen LogP contribution >= 0.6 is 0 Å². The van der Waals surface area contributed by atoms with Gasteiger partial charge < -0.3 is 14.8 Å². The minimum Gasteiger partial charge on any atom is -0.457 e. The first kappa shape index (κ1) is 18.5. The van der Waals surface area contributed by atoms with Crippen LogP contribution in [0.1, 0.15) is 12.5 Å². The van der Waals surface area contributed by atoms with E-state index in [4.69, 9.17) is 4.74 Å². The predicted octanol–water partition coefficient (Wildman–Crippen LogP) is 4.17. The monoisotopic (exact) mass is 366 g/mol. The Morgan fingerprint density at radius 3 is 2.15 bits per heavy atom. The van der Waals surface area contributed by atoms with Crippen molar-refractivity contribution >= 4 is 0 Å². The molecule has 7 heteroatoms. The molecule has 0 aliphatic carbocycles. The maximum absolute atomic E-state index is 12.2. The van der Waals surface area contributed by atoms with Gasteiger partial charge in [-0.3, -0.25) is 4.90 Å². The standard InChI is InChI=1S/C19H21F3N2O2/c1-14-12-24(11-10-23-14)13-15-2-4-16(5-3-15)25-17-6-8-18(9-7-17)26-19(20,21)22/h2-9,14,23H,10-13H2,1H3/t14-/m1/s1. The number of nitrogens with one attached hydrogen (secondary N) is 1. The summed E-state index contributed by atoms with van der Waals surface area (Å²) in [4.78, 5) is 2.40. The maximum atomic E-state index is 12.2. The molecule has 2 aromatic rings. The van der Waals surface area contributed by atoms with E-state index in [-0.39, 0.29) is 5.75 Å². The number of piperazine rings is 1. The smallest absolute Gasteiger partial charge is 0.457 e.